The molecule has 2 aromatic rings. The van der Waals surface area contributed by atoms with Gasteiger partial charge in [0.2, 0.25) is 0 Å². The van der Waals surface area contributed by atoms with Gasteiger partial charge in [-0.1, -0.05) is 31.5 Å². The predicted molar refractivity (Wildman–Crippen MR) is 156 cm³/mol. The number of allylic oxidation sites excluding steroid dienone is 2. The monoisotopic (exact) mass is 575 g/mol. The molecule has 1 saturated carbocycles. The molecule has 0 radical (unpaired) electrons. The number of benzene rings is 1. The molecule has 9 nitrogen and oxygen atoms in total. The average Bonchev–Trinajstić information content (AvgIpc) is 3.55. The van der Waals surface area contributed by atoms with Crippen LogP contribution in [0.5, 0.6) is 0 Å². The number of imidazole rings is 1. The van der Waals surface area contributed by atoms with Crippen LogP contribution in [0.15, 0.2) is 47.6 Å². The number of nitrogens with two attached hydrogens (primary N) is 1. The standard InChI is InChI=1S/C27H33ClFN5O4.C2H6/c1-26(2,36)13-38-22(30)10-21(31-3)27(37)11-16-7-15(8-17(16)12-27)23-24(34(4)14-32-23)25(35)33-18-5-6-20(29)19(28)9-18;1-2/h5-7,9-10,14,16-17,36-37H,8,11-13,30H2,1-4H3,(H,33,35);1-2H3/b22-10+,31-21?;. The maximum absolute atomic E-state index is 13.5. The summed E-state index contributed by atoms with van der Waals surface area (Å²) in [6.07, 6.45) is 6.70. The molecule has 3 unspecified atom stereocenters. The number of nitrogens with one attached hydrogen (secondary N) is 1. The van der Waals surface area contributed by atoms with E-state index >= 15 is 0 Å². The molecule has 5 N–H and O–H groups in total. The zero-order chi connectivity index (χ0) is 29.8. The van der Waals surface area contributed by atoms with Crippen LogP contribution in [-0.2, 0) is 11.8 Å². The van der Waals surface area contributed by atoms with Gasteiger partial charge in [-0.15, -0.1) is 0 Å². The van der Waals surface area contributed by atoms with E-state index < -0.39 is 17.0 Å². The Labute approximate surface area is 239 Å². The van der Waals surface area contributed by atoms with E-state index in [1.165, 1.54) is 24.3 Å². The lowest BCUT2D eigenvalue weighted by atomic mass is 9.91. The third-order valence-corrected chi connectivity index (χ3v) is 7.19. The molecule has 0 bridgehead atoms. The highest BCUT2D eigenvalue weighted by Crippen LogP contribution is 2.50. The minimum absolute atomic E-state index is 0.0102. The molecule has 1 fully saturated rings. The lowest BCUT2D eigenvalue weighted by Crippen LogP contribution is -2.36. The van der Waals surface area contributed by atoms with Crippen LogP contribution in [0.25, 0.3) is 5.57 Å². The van der Waals surface area contributed by atoms with Gasteiger partial charge >= 0.3 is 0 Å². The quantitative estimate of drug-likeness (QED) is 0.266. The van der Waals surface area contributed by atoms with Gasteiger partial charge in [-0.05, 0) is 68.7 Å². The van der Waals surface area contributed by atoms with Crippen LogP contribution in [0.2, 0.25) is 5.02 Å². The maximum Gasteiger partial charge on any atom is 0.274 e. The normalized spacial score (nSPS) is 22.8. The number of aromatic nitrogens is 2. The second-order valence-electron chi connectivity index (χ2n) is 10.7. The number of carbonyl (C=O) groups excluding carboxylic acids is 1. The minimum atomic E-state index is -1.18. The Morgan fingerprint density at radius 3 is 2.70 bits per heavy atom. The van der Waals surface area contributed by atoms with Crippen molar-refractivity contribution in [3.8, 4) is 0 Å². The number of carbonyl (C=O) groups is 1. The van der Waals surface area contributed by atoms with Crippen molar-refractivity contribution in [2.45, 2.75) is 58.2 Å². The summed E-state index contributed by atoms with van der Waals surface area (Å²) in [6.45, 7) is 7.23. The number of aryl methyl sites for hydroxylation is 1. The fourth-order valence-electron chi connectivity index (χ4n) is 5.18. The van der Waals surface area contributed by atoms with Crippen LogP contribution < -0.4 is 11.1 Å². The van der Waals surface area contributed by atoms with E-state index in [1.807, 2.05) is 13.8 Å². The Morgan fingerprint density at radius 1 is 1.40 bits per heavy atom. The first-order valence-electron chi connectivity index (χ1n) is 13.3. The van der Waals surface area contributed by atoms with Gasteiger partial charge < -0.3 is 30.6 Å². The smallest absolute Gasteiger partial charge is 0.274 e. The van der Waals surface area contributed by atoms with Crippen molar-refractivity contribution >= 4 is 34.5 Å². The number of aliphatic hydroxyl groups is 2. The summed E-state index contributed by atoms with van der Waals surface area (Å²) in [5.74, 6) is -0.685. The molecular weight excluding hydrogens is 537 g/mol. The topological polar surface area (TPSA) is 135 Å². The highest BCUT2D eigenvalue weighted by Gasteiger charge is 2.48. The molecule has 1 aromatic heterocycles. The van der Waals surface area contributed by atoms with E-state index in [1.54, 1.807) is 38.8 Å². The number of hydrogen-bond donors (Lipinski definition) is 4. The van der Waals surface area contributed by atoms with E-state index in [0.717, 1.165) is 5.57 Å². The van der Waals surface area contributed by atoms with Crippen molar-refractivity contribution in [1.29, 1.82) is 0 Å². The van der Waals surface area contributed by atoms with Crippen molar-refractivity contribution in [2.75, 3.05) is 19.0 Å². The Balaban J connectivity index is 0.00000216. The molecule has 4 rings (SSSR count). The Bertz CT molecular complexity index is 1330. The number of ether oxygens (including phenoxy) is 1. The third-order valence-electron chi connectivity index (χ3n) is 6.90. The van der Waals surface area contributed by atoms with Crippen molar-refractivity contribution < 1.29 is 24.1 Å². The van der Waals surface area contributed by atoms with Gasteiger partial charge in [0.05, 0.1) is 28.4 Å². The van der Waals surface area contributed by atoms with Crippen LogP contribution in [0, 0.1) is 17.7 Å². The molecule has 3 atom stereocenters. The van der Waals surface area contributed by atoms with Crippen molar-refractivity contribution in [3.05, 3.63) is 64.8 Å². The van der Waals surface area contributed by atoms with Gasteiger partial charge in [-0.3, -0.25) is 9.79 Å². The second-order valence-corrected chi connectivity index (χ2v) is 11.1. The van der Waals surface area contributed by atoms with Crippen molar-refractivity contribution in [3.63, 3.8) is 0 Å². The largest absolute Gasteiger partial charge is 0.476 e. The molecule has 0 aliphatic heterocycles. The highest BCUT2D eigenvalue weighted by atomic mass is 35.5. The Hall–Kier alpha value is -3.21. The zero-order valence-corrected chi connectivity index (χ0v) is 24.6. The predicted octanol–water partition coefficient (Wildman–Crippen LogP) is 4.69. The molecular formula is C29H39ClFN5O4. The number of rotatable bonds is 8. The van der Waals surface area contributed by atoms with Gasteiger partial charge in [0, 0.05) is 25.9 Å². The summed E-state index contributed by atoms with van der Waals surface area (Å²) in [4.78, 5) is 21.9. The summed E-state index contributed by atoms with van der Waals surface area (Å²) < 4.78 is 20.6. The van der Waals surface area contributed by atoms with Gasteiger partial charge in [-0.25, -0.2) is 9.37 Å². The number of aliphatic imine (C=N–C) groups is 1. The highest BCUT2D eigenvalue weighted by molar-refractivity contribution is 6.31. The van der Waals surface area contributed by atoms with Crippen molar-refractivity contribution in [1.82, 2.24) is 9.55 Å². The second kappa shape index (κ2) is 12.5. The molecule has 1 aromatic carbocycles. The Morgan fingerprint density at radius 2 is 2.10 bits per heavy atom. The molecule has 1 heterocycles. The summed E-state index contributed by atoms with van der Waals surface area (Å²) in [5, 5.41) is 24.0. The summed E-state index contributed by atoms with van der Waals surface area (Å²) in [7, 11) is 3.33. The van der Waals surface area contributed by atoms with Crippen molar-refractivity contribution in [2.24, 2.45) is 29.6 Å². The number of fused-ring (bicyclic) bond motifs is 1. The summed E-state index contributed by atoms with van der Waals surface area (Å²) in [5.41, 5.74) is 6.42. The van der Waals surface area contributed by atoms with Gasteiger partial charge in [0.25, 0.3) is 5.91 Å². The molecule has 0 saturated heterocycles. The lowest BCUT2D eigenvalue weighted by Gasteiger charge is -2.24. The minimum Gasteiger partial charge on any atom is -0.476 e. The summed E-state index contributed by atoms with van der Waals surface area (Å²) in [6, 6.07) is 3.99. The number of hydrogen-bond acceptors (Lipinski definition) is 7. The van der Waals surface area contributed by atoms with Crippen LogP contribution in [0.3, 0.4) is 0 Å². The average molecular weight is 576 g/mol. The first-order valence-corrected chi connectivity index (χ1v) is 13.7. The zero-order valence-electron chi connectivity index (χ0n) is 23.8. The van der Waals surface area contributed by atoms with E-state index in [4.69, 9.17) is 22.1 Å². The molecule has 2 aliphatic rings. The number of amides is 1. The van der Waals surface area contributed by atoms with E-state index in [9.17, 15) is 19.4 Å². The number of halogens is 2. The van der Waals surface area contributed by atoms with E-state index in [2.05, 4.69) is 21.4 Å². The first kappa shape index (κ1) is 31.3. The van der Waals surface area contributed by atoms with Crippen LogP contribution in [0.1, 0.15) is 63.1 Å². The fraction of sp³-hybridized carbons (Fsp3) is 0.483. The van der Waals surface area contributed by atoms with Gasteiger partial charge in [-0.2, -0.15) is 0 Å². The molecule has 11 heteroatoms. The number of nitrogens with zero attached hydrogens (tertiary/aromatic N) is 3. The summed E-state index contributed by atoms with van der Waals surface area (Å²) >= 11 is 5.85. The fourth-order valence-corrected chi connectivity index (χ4v) is 5.36. The van der Waals surface area contributed by atoms with Crippen LogP contribution in [0.4, 0.5) is 10.1 Å². The molecule has 1 amide bonds. The first-order chi connectivity index (χ1) is 18.8. The van der Waals surface area contributed by atoms with Gasteiger partial charge in [0.1, 0.15) is 23.7 Å². The SMILES string of the molecule is CC.CN=C(/C=C(\N)OCC(C)(C)O)C1(O)CC2C=C(c3ncn(C)c3C(=O)Nc3ccc(F)c(Cl)c3)CC2C1. The van der Waals surface area contributed by atoms with Crippen LogP contribution in [-0.4, -0.2) is 56.2 Å². The molecule has 0 spiro atoms. The molecule has 218 valence electrons. The van der Waals surface area contributed by atoms with E-state index in [0.29, 0.717) is 42.0 Å². The lowest BCUT2D eigenvalue weighted by molar-refractivity contribution is 0.00239. The third kappa shape index (κ3) is 7.10. The Kier molecular flexibility index (Phi) is 9.81. The maximum atomic E-state index is 13.5. The van der Waals surface area contributed by atoms with Gasteiger partial charge in [0.15, 0.2) is 5.88 Å². The number of anilines is 1. The molecule has 2 aliphatic carbocycles. The van der Waals surface area contributed by atoms with E-state index in [-0.39, 0.29) is 35.3 Å². The van der Waals surface area contributed by atoms with Crippen LogP contribution >= 0.6 is 11.6 Å². The molecule has 40 heavy (non-hydrogen) atoms.